The van der Waals surface area contributed by atoms with Gasteiger partial charge in [0.05, 0.1) is 0 Å². The van der Waals surface area contributed by atoms with Gasteiger partial charge >= 0.3 is 0 Å². The van der Waals surface area contributed by atoms with E-state index in [4.69, 9.17) is 5.73 Å². The summed E-state index contributed by atoms with van der Waals surface area (Å²) in [5.41, 5.74) is 9.39. The first-order chi connectivity index (χ1) is 10.7. The summed E-state index contributed by atoms with van der Waals surface area (Å²) in [5, 5.41) is 0. The maximum Gasteiger partial charge on any atom is 0.254 e. The van der Waals surface area contributed by atoms with E-state index in [2.05, 4.69) is 6.92 Å². The number of hydrogen-bond donors (Lipinski definition) is 1. The van der Waals surface area contributed by atoms with E-state index < -0.39 is 0 Å². The molecule has 0 saturated carbocycles. The van der Waals surface area contributed by atoms with Crippen LogP contribution in [0.15, 0.2) is 48.5 Å². The second-order valence-electron chi connectivity index (χ2n) is 6.13. The van der Waals surface area contributed by atoms with Crippen molar-refractivity contribution in [2.75, 3.05) is 18.8 Å². The number of carbonyl (C=O) groups is 1. The number of nitrogens with two attached hydrogens (primary N) is 1. The molecule has 3 rings (SSSR count). The fourth-order valence-electron chi connectivity index (χ4n) is 3.22. The fraction of sp³-hybridized carbons (Fsp3) is 0.316. The molecule has 1 unspecified atom stereocenters. The van der Waals surface area contributed by atoms with Crippen LogP contribution in [0.25, 0.3) is 11.1 Å². The van der Waals surface area contributed by atoms with Crippen molar-refractivity contribution in [3.05, 3.63) is 54.1 Å². The summed E-state index contributed by atoms with van der Waals surface area (Å²) in [6.45, 7) is 3.88. The molecular weight excluding hydrogens is 272 g/mol. The molecule has 114 valence electrons. The Morgan fingerprint density at radius 1 is 1.14 bits per heavy atom. The highest BCUT2D eigenvalue weighted by Crippen LogP contribution is 2.31. The lowest BCUT2D eigenvalue weighted by Gasteiger charge is -2.31. The molecular formula is C19H22N2O. The van der Waals surface area contributed by atoms with Gasteiger partial charge < -0.3 is 10.6 Å². The molecule has 2 aromatic carbocycles. The highest BCUT2D eigenvalue weighted by atomic mass is 16.2. The van der Waals surface area contributed by atoms with Gasteiger partial charge in [-0.15, -0.1) is 0 Å². The van der Waals surface area contributed by atoms with Crippen molar-refractivity contribution in [3.8, 4) is 11.1 Å². The van der Waals surface area contributed by atoms with Crippen LogP contribution in [0, 0.1) is 5.92 Å². The van der Waals surface area contributed by atoms with Crippen molar-refractivity contribution in [2.45, 2.75) is 19.8 Å². The number of hydrogen-bond acceptors (Lipinski definition) is 2. The maximum absolute atomic E-state index is 13.0. The molecule has 1 saturated heterocycles. The van der Waals surface area contributed by atoms with Crippen molar-refractivity contribution < 1.29 is 4.79 Å². The highest BCUT2D eigenvalue weighted by molar-refractivity contribution is 6.03. The quantitative estimate of drug-likeness (QED) is 0.856. The van der Waals surface area contributed by atoms with E-state index in [1.165, 1.54) is 6.42 Å². The molecule has 2 N–H and O–H groups in total. The molecule has 0 radical (unpaired) electrons. The molecule has 0 aliphatic carbocycles. The minimum absolute atomic E-state index is 0.0951. The van der Waals surface area contributed by atoms with Crippen LogP contribution >= 0.6 is 0 Å². The van der Waals surface area contributed by atoms with Gasteiger partial charge in [-0.3, -0.25) is 4.79 Å². The standard InChI is InChI=1S/C19H22N2O/c1-14-7-6-12-21(13-14)19(22)16-10-5-11-17(20)18(16)15-8-3-2-4-9-15/h2-5,8-11,14H,6-7,12-13,20H2,1H3. The van der Waals surface area contributed by atoms with E-state index in [1.807, 2.05) is 53.4 Å². The normalized spacial score (nSPS) is 18.2. The number of likely N-dealkylation sites (tertiary alicyclic amines) is 1. The Bertz CT molecular complexity index is 666. The second kappa shape index (κ2) is 6.22. The zero-order valence-electron chi connectivity index (χ0n) is 13.0. The Hall–Kier alpha value is -2.29. The predicted molar refractivity (Wildman–Crippen MR) is 90.6 cm³/mol. The van der Waals surface area contributed by atoms with Gasteiger partial charge in [0, 0.05) is 29.9 Å². The molecule has 3 heteroatoms. The summed E-state index contributed by atoms with van der Waals surface area (Å²) in [6, 6.07) is 15.5. The zero-order chi connectivity index (χ0) is 15.5. The van der Waals surface area contributed by atoms with E-state index >= 15 is 0 Å². The molecule has 0 aromatic heterocycles. The Morgan fingerprint density at radius 3 is 2.64 bits per heavy atom. The Morgan fingerprint density at radius 2 is 1.91 bits per heavy atom. The molecule has 0 spiro atoms. The van der Waals surface area contributed by atoms with E-state index in [-0.39, 0.29) is 5.91 Å². The number of benzene rings is 2. The van der Waals surface area contributed by atoms with E-state index in [0.29, 0.717) is 17.2 Å². The van der Waals surface area contributed by atoms with Gasteiger partial charge in [-0.25, -0.2) is 0 Å². The van der Waals surface area contributed by atoms with Crippen LogP contribution in [0.3, 0.4) is 0 Å². The van der Waals surface area contributed by atoms with Crippen LogP contribution in [0.2, 0.25) is 0 Å². The second-order valence-corrected chi connectivity index (χ2v) is 6.13. The Balaban J connectivity index is 2.00. The van der Waals surface area contributed by atoms with Crippen LogP contribution in [0.5, 0.6) is 0 Å². The van der Waals surface area contributed by atoms with Crippen molar-refractivity contribution in [3.63, 3.8) is 0 Å². The van der Waals surface area contributed by atoms with Crippen LogP contribution in [0.4, 0.5) is 5.69 Å². The Kier molecular flexibility index (Phi) is 4.14. The summed E-state index contributed by atoms with van der Waals surface area (Å²) < 4.78 is 0. The predicted octanol–water partition coefficient (Wildman–Crippen LogP) is 3.81. The SMILES string of the molecule is CC1CCCN(C(=O)c2cccc(N)c2-c2ccccc2)C1. The van der Waals surface area contributed by atoms with E-state index in [0.717, 1.165) is 30.6 Å². The smallest absolute Gasteiger partial charge is 0.254 e. The number of anilines is 1. The number of piperidine rings is 1. The number of rotatable bonds is 2. The minimum Gasteiger partial charge on any atom is -0.398 e. The first-order valence-electron chi connectivity index (χ1n) is 7.90. The third-order valence-corrected chi connectivity index (χ3v) is 4.33. The van der Waals surface area contributed by atoms with Crippen LogP contribution in [-0.4, -0.2) is 23.9 Å². The molecule has 1 atom stereocenters. The van der Waals surface area contributed by atoms with Crippen molar-refractivity contribution in [1.82, 2.24) is 4.90 Å². The summed E-state index contributed by atoms with van der Waals surface area (Å²) in [4.78, 5) is 14.9. The third-order valence-electron chi connectivity index (χ3n) is 4.33. The Labute approximate surface area is 131 Å². The lowest BCUT2D eigenvalue weighted by Crippen LogP contribution is -2.39. The van der Waals surface area contributed by atoms with Crippen molar-refractivity contribution >= 4 is 11.6 Å². The number of carbonyl (C=O) groups excluding carboxylic acids is 1. The van der Waals surface area contributed by atoms with Crippen molar-refractivity contribution in [2.24, 2.45) is 5.92 Å². The lowest BCUT2D eigenvalue weighted by atomic mass is 9.95. The summed E-state index contributed by atoms with van der Waals surface area (Å²) in [6.07, 6.45) is 2.28. The summed E-state index contributed by atoms with van der Waals surface area (Å²) >= 11 is 0. The van der Waals surface area contributed by atoms with Gasteiger partial charge in [-0.2, -0.15) is 0 Å². The molecule has 1 fully saturated rings. The average Bonchev–Trinajstić information content (AvgIpc) is 2.55. The number of nitrogens with zero attached hydrogens (tertiary/aromatic N) is 1. The highest BCUT2D eigenvalue weighted by Gasteiger charge is 2.24. The molecule has 1 aliphatic heterocycles. The van der Waals surface area contributed by atoms with E-state index in [1.54, 1.807) is 0 Å². The molecule has 0 bridgehead atoms. The largest absolute Gasteiger partial charge is 0.398 e. The first-order valence-corrected chi connectivity index (χ1v) is 7.90. The van der Waals surface area contributed by atoms with Gasteiger partial charge in [0.2, 0.25) is 0 Å². The summed E-state index contributed by atoms with van der Waals surface area (Å²) in [7, 11) is 0. The van der Waals surface area contributed by atoms with Gasteiger partial charge in [0.15, 0.2) is 0 Å². The monoisotopic (exact) mass is 294 g/mol. The first kappa shape index (κ1) is 14.6. The topological polar surface area (TPSA) is 46.3 Å². The fourth-order valence-corrected chi connectivity index (χ4v) is 3.22. The molecule has 1 aliphatic rings. The molecule has 1 heterocycles. The maximum atomic E-state index is 13.0. The van der Waals surface area contributed by atoms with Crippen molar-refractivity contribution in [1.29, 1.82) is 0 Å². The average molecular weight is 294 g/mol. The van der Waals surface area contributed by atoms with Crippen LogP contribution < -0.4 is 5.73 Å². The molecule has 1 amide bonds. The molecule has 3 nitrogen and oxygen atoms in total. The molecule has 22 heavy (non-hydrogen) atoms. The van der Waals surface area contributed by atoms with Gasteiger partial charge in [-0.1, -0.05) is 43.3 Å². The zero-order valence-corrected chi connectivity index (χ0v) is 13.0. The minimum atomic E-state index is 0.0951. The van der Waals surface area contributed by atoms with Crippen LogP contribution in [0.1, 0.15) is 30.1 Å². The number of nitrogen functional groups attached to an aromatic ring is 1. The summed E-state index contributed by atoms with van der Waals surface area (Å²) in [5.74, 6) is 0.664. The van der Waals surface area contributed by atoms with Gasteiger partial charge in [0.25, 0.3) is 5.91 Å². The van der Waals surface area contributed by atoms with Crippen LogP contribution in [-0.2, 0) is 0 Å². The van der Waals surface area contributed by atoms with Gasteiger partial charge in [-0.05, 0) is 36.5 Å². The third kappa shape index (κ3) is 2.84. The number of amides is 1. The van der Waals surface area contributed by atoms with E-state index in [9.17, 15) is 4.79 Å². The lowest BCUT2D eigenvalue weighted by molar-refractivity contribution is 0.0684. The van der Waals surface area contributed by atoms with Gasteiger partial charge in [0.1, 0.15) is 0 Å². The molecule has 2 aromatic rings.